The van der Waals surface area contributed by atoms with Crippen molar-refractivity contribution in [3.63, 3.8) is 0 Å². The van der Waals surface area contributed by atoms with E-state index < -0.39 is 0 Å². The Kier molecular flexibility index (Phi) is 6.61. The van der Waals surface area contributed by atoms with E-state index in [2.05, 4.69) is 41.4 Å². The topological polar surface area (TPSA) is 41.6 Å². The normalized spacial score (nSPS) is 18.0. The Morgan fingerprint density at radius 1 is 1.07 bits per heavy atom. The molecule has 1 amide bonds. The van der Waals surface area contributed by atoms with Gasteiger partial charge in [0, 0.05) is 24.3 Å². The summed E-state index contributed by atoms with van der Waals surface area (Å²) in [6.07, 6.45) is 2.70. The minimum absolute atomic E-state index is 0.0478. The van der Waals surface area contributed by atoms with Gasteiger partial charge in [0.25, 0.3) is 5.91 Å². The van der Waals surface area contributed by atoms with Crippen LogP contribution in [0.15, 0.2) is 48.5 Å². The predicted molar refractivity (Wildman–Crippen MR) is 115 cm³/mol. The third-order valence-corrected chi connectivity index (χ3v) is 5.25. The number of nitrogens with one attached hydrogen (secondary N) is 1. The van der Waals surface area contributed by atoms with Gasteiger partial charge in [0.05, 0.1) is 12.1 Å². The van der Waals surface area contributed by atoms with E-state index in [1.54, 1.807) is 12.1 Å². The zero-order valence-corrected chi connectivity index (χ0v) is 17.4. The van der Waals surface area contributed by atoms with Crippen molar-refractivity contribution in [1.29, 1.82) is 0 Å². The molecule has 0 saturated carbocycles. The van der Waals surface area contributed by atoms with Crippen LogP contribution in [0.4, 0.5) is 5.69 Å². The van der Waals surface area contributed by atoms with Crippen molar-refractivity contribution in [2.75, 3.05) is 18.0 Å². The van der Waals surface area contributed by atoms with Gasteiger partial charge in [-0.1, -0.05) is 19.1 Å². The van der Waals surface area contributed by atoms with Gasteiger partial charge in [-0.05, 0) is 81.5 Å². The number of benzene rings is 2. The molecule has 150 valence electrons. The fraction of sp³-hybridized carbons (Fsp3) is 0.458. The monoisotopic (exact) mass is 380 g/mol. The van der Waals surface area contributed by atoms with Gasteiger partial charge in [-0.15, -0.1) is 0 Å². The summed E-state index contributed by atoms with van der Waals surface area (Å²) in [5, 5.41) is 3.09. The highest BCUT2D eigenvalue weighted by Gasteiger charge is 2.17. The van der Waals surface area contributed by atoms with E-state index in [1.165, 1.54) is 18.5 Å². The molecule has 1 aliphatic heterocycles. The Labute approximate surface area is 168 Å². The smallest absolute Gasteiger partial charge is 0.251 e. The van der Waals surface area contributed by atoms with Gasteiger partial charge in [0.2, 0.25) is 0 Å². The Bertz CT molecular complexity index is 768. The van der Waals surface area contributed by atoms with Gasteiger partial charge < -0.3 is 15.0 Å². The molecule has 0 aromatic heterocycles. The van der Waals surface area contributed by atoms with Crippen LogP contribution in [-0.2, 0) is 0 Å². The molecule has 1 saturated heterocycles. The van der Waals surface area contributed by atoms with Crippen molar-refractivity contribution < 1.29 is 9.53 Å². The highest BCUT2D eigenvalue weighted by atomic mass is 16.5. The highest BCUT2D eigenvalue weighted by Crippen LogP contribution is 2.25. The van der Waals surface area contributed by atoms with Gasteiger partial charge in [0.15, 0.2) is 0 Å². The summed E-state index contributed by atoms with van der Waals surface area (Å²) in [5.74, 6) is 1.46. The van der Waals surface area contributed by atoms with Crippen molar-refractivity contribution in [3.8, 4) is 5.75 Å². The molecule has 0 spiro atoms. The second-order valence-electron chi connectivity index (χ2n) is 8.17. The molecule has 0 aliphatic carbocycles. The van der Waals surface area contributed by atoms with E-state index >= 15 is 0 Å². The summed E-state index contributed by atoms with van der Waals surface area (Å²) in [4.78, 5) is 15.0. The van der Waals surface area contributed by atoms with Gasteiger partial charge >= 0.3 is 0 Å². The lowest BCUT2D eigenvalue weighted by Gasteiger charge is -2.33. The van der Waals surface area contributed by atoms with Gasteiger partial charge in [-0.25, -0.2) is 0 Å². The largest absolute Gasteiger partial charge is 0.491 e. The number of anilines is 1. The maximum Gasteiger partial charge on any atom is 0.251 e. The third-order valence-electron chi connectivity index (χ3n) is 5.25. The van der Waals surface area contributed by atoms with Crippen LogP contribution in [0.3, 0.4) is 0 Å². The second-order valence-corrected chi connectivity index (χ2v) is 8.17. The molecule has 1 heterocycles. The lowest BCUT2D eigenvalue weighted by molar-refractivity contribution is 0.0940. The summed E-state index contributed by atoms with van der Waals surface area (Å²) in [5.41, 5.74) is 3.03. The minimum atomic E-state index is -0.0717. The molecule has 0 unspecified atom stereocenters. The number of hydrogen-bond donors (Lipinski definition) is 1. The standard InChI is InChI=1S/C24H32N2O2/c1-17(2)28-23-13-9-21(10-14-23)24(27)25-19(4)20-7-11-22(12-8-20)26-15-5-6-18(3)16-26/h7-14,17-19H,5-6,15-16H2,1-4H3,(H,25,27)/t18-,19+/m0/s1. The zero-order valence-electron chi connectivity index (χ0n) is 17.4. The molecule has 0 bridgehead atoms. The van der Waals surface area contributed by atoms with Crippen molar-refractivity contribution >= 4 is 11.6 Å². The average molecular weight is 381 g/mol. The molecular formula is C24H32N2O2. The fourth-order valence-electron chi connectivity index (χ4n) is 3.72. The number of carbonyl (C=O) groups is 1. The predicted octanol–water partition coefficient (Wildman–Crippen LogP) is 5.20. The first-order valence-corrected chi connectivity index (χ1v) is 10.3. The van der Waals surface area contributed by atoms with Crippen LogP contribution < -0.4 is 15.0 Å². The molecule has 0 radical (unpaired) electrons. The number of rotatable bonds is 6. The lowest BCUT2D eigenvalue weighted by atomic mass is 9.99. The first-order valence-electron chi connectivity index (χ1n) is 10.3. The number of amides is 1. The van der Waals surface area contributed by atoms with Crippen LogP contribution in [0.1, 0.15) is 62.5 Å². The SMILES string of the molecule is CC(C)Oc1ccc(C(=O)N[C@H](C)c2ccc(N3CCC[C@H](C)C3)cc2)cc1. The summed E-state index contributed by atoms with van der Waals surface area (Å²) >= 11 is 0. The van der Waals surface area contributed by atoms with Gasteiger partial charge in [-0.3, -0.25) is 4.79 Å². The number of ether oxygens (including phenoxy) is 1. The van der Waals surface area contributed by atoms with E-state index in [1.807, 2.05) is 32.9 Å². The average Bonchev–Trinajstić information content (AvgIpc) is 2.68. The molecule has 1 N–H and O–H groups in total. The molecule has 2 aromatic rings. The van der Waals surface area contributed by atoms with E-state index in [0.717, 1.165) is 30.3 Å². The van der Waals surface area contributed by atoms with Crippen molar-refractivity contribution in [1.82, 2.24) is 5.32 Å². The number of hydrogen-bond acceptors (Lipinski definition) is 3. The molecule has 1 aliphatic rings. The van der Waals surface area contributed by atoms with Gasteiger partial charge in [0.1, 0.15) is 5.75 Å². The van der Waals surface area contributed by atoms with Crippen molar-refractivity contribution in [3.05, 3.63) is 59.7 Å². The quantitative estimate of drug-likeness (QED) is 0.749. The van der Waals surface area contributed by atoms with E-state index in [0.29, 0.717) is 5.56 Å². The molecule has 1 fully saturated rings. The lowest BCUT2D eigenvalue weighted by Crippen LogP contribution is -2.34. The van der Waals surface area contributed by atoms with E-state index in [-0.39, 0.29) is 18.1 Å². The molecule has 3 rings (SSSR count). The summed E-state index contributed by atoms with van der Waals surface area (Å²) in [6.45, 7) is 10.6. The third kappa shape index (κ3) is 5.28. The van der Waals surface area contributed by atoms with Crippen molar-refractivity contribution in [2.45, 2.75) is 52.7 Å². The van der Waals surface area contributed by atoms with Crippen LogP contribution in [-0.4, -0.2) is 25.1 Å². The Morgan fingerprint density at radius 2 is 1.75 bits per heavy atom. The number of nitrogens with zero attached hydrogens (tertiary/aromatic N) is 1. The van der Waals surface area contributed by atoms with Crippen molar-refractivity contribution in [2.24, 2.45) is 5.92 Å². The summed E-state index contributed by atoms with van der Waals surface area (Å²) in [7, 11) is 0. The second kappa shape index (κ2) is 9.13. The molecule has 2 aromatic carbocycles. The molecule has 2 atom stereocenters. The van der Waals surface area contributed by atoms with Crippen LogP contribution in [0, 0.1) is 5.92 Å². The maximum absolute atomic E-state index is 12.6. The maximum atomic E-state index is 12.6. The molecule has 28 heavy (non-hydrogen) atoms. The van der Waals surface area contributed by atoms with Crippen LogP contribution in [0.2, 0.25) is 0 Å². The zero-order chi connectivity index (χ0) is 20.1. The minimum Gasteiger partial charge on any atom is -0.491 e. The first-order chi connectivity index (χ1) is 13.4. The Hall–Kier alpha value is -2.49. The van der Waals surface area contributed by atoms with E-state index in [4.69, 9.17) is 4.74 Å². The highest BCUT2D eigenvalue weighted by molar-refractivity contribution is 5.94. The number of carbonyl (C=O) groups excluding carboxylic acids is 1. The molecular weight excluding hydrogens is 348 g/mol. The summed E-state index contributed by atoms with van der Waals surface area (Å²) < 4.78 is 5.63. The Morgan fingerprint density at radius 3 is 2.36 bits per heavy atom. The van der Waals surface area contributed by atoms with Crippen LogP contribution in [0.5, 0.6) is 5.75 Å². The molecule has 4 nitrogen and oxygen atoms in total. The summed E-state index contributed by atoms with van der Waals surface area (Å²) in [6, 6.07) is 15.8. The fourth-order valence-corrected chi connectivity index (χ4v) is 3.72. The number of piperidine rings is 1. The molecule has 4 heteroatoms. The first kappa shape index (κ1) is 20.2. The van der Waals surface area contributed by atoms with E-state index in [9.17, 15) is 4.79 Å². The van der Waals surface area contributed by atoms with Gasteiger partial charge in [-0.2, -0.15) is 0 Å². The van der Waals surface area contributed by atoms with Crippen LogP contribution in [0.25, 0.3) is 0 Å². The Balaban J connectivity index is 1.59. The van der Waals surface area contributed by atoms with Crippen LogP contribution >= 0.6 is 0 Å².